The van der Waals surface area contributed by atoms with Crippen molar-refractivity contribution in [3.05, 3.63) is 41.3 Å². The molecule has 1 aliphatic heterocycles. The van der Waals surface area contributed by atoms with Gasteiger partial charge in [-0.3, -0.25) is 4.79 Å². The number of piperazine rings is 1. The molecule has 6 heteroatoms. The molecule has 0 aliphatic carbocycles. The van der Waals surface area contributed by atoms with Gasteiger partial charge in [-0.15, -0.1) is 0 Å². The van der Waals surface area contributed by atoms with E-state index in [9.17, 15) is 4.79 Å². The van der Waals surface area contributed by atoms with Gasteiger partial charge in [0.1, 0.15) is 17.1 Å². The van der Waals surface area contributed by atoms with E-state index in [1.807, 2.05) is 30.0 Å². The quantitative estimate of drug-likeness (QED) is 0.862. The second kappa shape index (κ2) is 6.95. The third kappa shape index (κ3) is 3.09. The second-order valence-corrected chi connectivity index (χ2v) is 5.89. The predicted molar refractivity (Wildman–Crippen MR) is 91.7 cm³/mol. The number of ether oxygens (including phenoxy) is 1. The van der Waals surface area contributed by atoms with Crippen molar-refractivity contribution in [1.82, 2.24) is 10.1 Å². The number of nitrogens with zero attached hydrogens (tertiary/aromatic N) is 3. The summed E-state index contributed by atoms with van der Waals surface area (Å²) in [7, 11) is 1.67. The van der Waals surface area contributed by atoms with Crippen LogP contribution >= 0.6 is 0 Å². The fourth-order valence-corrected chi connectivity index (χ4v) is 3.07. The van der Waals surface area contributed by atoms with E-state index in [2.05, 4.69) is 16.1 Å². The third-order valence-electron chi connectivity index (χ3n) is 4.47. The van der Waals surface area contributed by atoms with Gasteiger partial charge in [0.15, 0.2) is 0 Å². The number of carbonyl (C=O) groups excluding carboxylic acids is 1. The van der Waals surface area contributed by atoms with E-state index in [0.29, 0.717) is 30.8 Å². The van der Waals surface area contributed by atoms with E-state index >= 15 is 0 Å². The maximum atomic E-state index is 12.8. The summed E-state index contributed by atoms with van der Waals surface area (Å²) in [6.07, 6.45) is 0.697. The molecule has 24 heavy (non-hydrogen) atoms. The number of carbonyl (C=O) groups is 1. The van der Waals surface area contributed by atoms with Crippen LogP contribution in [0.4, 0.5) is 5.69 Å². The molecule has 0 spiro atoms. The summed E-state index contributed by atoms with van der Waals surface area (Å²) in [6.45, 7) is 6.74. The summed E-state index contributed by atoms with van der Waals surface area (Å²) in [5.41, 5.74) is 2.50. The van der Waals surface area contributed by atoms with Gasteiger partial charge in [-0.2, -0.15) is 0 Å². The lowest BCUT2D eigenvalue weighted by Crippen LogP contribution is -2.49. The molecule has 6 nitrogen and oxygen atoms in total. The Morgan fingerprint density at radius 2 is 2.04 bits per heavy atom. The highest BCUT2D eigenvalue weighted by atomic mass is 16.5. The molecule has 1 fully saturated rings. The first-order chi connectivity index (χ1) is 11.6. The average Bonchev–Trinajstić information content (AvgIpc) is 3.02. The minimum atomic E-state index is 0.0240. The number of anilines is 1. The molecule has 0 N–H and O–H groups in total. The Labute approximate surface area is 142 Å². The van der Waals surface area contributed by atoms with Crippen molar-refractivity contribution in [1.29, 1.82) is 0 Å². The molecule has 0 saturated carbocycles. The number of methoxy groups -OCH3 is 1. The maximum absolute atomic E-state index is 12.8. The van der Waals surface area contributed by atoms with Crippen LogP contribution in [0.1, 0.15) is 28.7 Å². The molecular formula is C18H23N3O3. The molecule has 1 aliphatic rings. The molecule has 3 rings (SSSR count). The van der Waals surface area contributed by atoms with Crippen molar-refractivity contribution in [2.45, 2.75) is 20.3 Å². The van der Waals surface area contributed by atoms with Gasteiger partial charge in [0.2, 0.25) is 0 Å². The molecule has 0 atom stereocenters. The summed E-state index contributed by atoms with van der Waals surface area (Å²) in [5, 5.41) is 3.98. The molecule has 1 aromatic heterocycles. The largest absolute Gasteiger partial charge is 0.497 e. The molecule has 128 valence electrons. The van der Waals surface area contributed by atoms with Crippen LogP contribution in [0.3, 0.4) is 0 Å². The highest BCUT2D eigenvalue weighted by molar-refractivity contribution is 5.96. The number of amides is 1. The van der Waals surface area contributed by atoms with Crippen molar-refractivity contribution in [2.24, 2.45) is 0 Å². The zero-order chi connectivity index (χ0) is 17.1. The number of aromatic nitrogens is 1. The van der Waals surface area contributed by atoms with Crippen molar-refractivity contribution in [3.8, 4) is 5.75 Å². The molecule has 0 radical (unpaired) electrons. The van der Waals surface area contributed by atoms with Gasteiger partial charge in [0.05, 0.1) is 12.8 Å². The Kier molecular flexibility index (Phi) is 4.74. The molecule has 2 aromatic rings. The first-order valence-corrected chi connectivity index (χ1v) is 8.27. The normalized spacial score (nSPS) is 14.8. The van der Waals surface area contributed by atoms with Crippen LogP contribution in [0.5, 0.6) is 5.75 Å². The number of aryl methyl sites for hydroxylation is 2. The first kappa shape index (κ1) is 16.4. The summed E-state index contributed by atoms with van der Waals surface area (Å²) < 4.78 is 10.5. The zero-order valence-corrected chi connectivity index (χ0v) is 14.4. The molecule has 2 heterocycles. The van der Waals surface area contributed by atoms with Gasteiger partial charge in [-0.05, 0) is 25.5 Å². The van der Waals surface area contributed by atoms with E-state index in [4.69, 9.17) is 9.26 Å². The first-order valence-electron chi connectivity index (χ1n) is 8.27. The van der Waals surface area contributed by atoms with Gasteiger partial charge in [0, 0.05) is 37.9 Å². The fourth-order valence-electron chi connectivity index (χ4n) is 3.07. The van der Waals surface area contributed by atoms with Gasteiger partial charge >= 0.3 is 0 Å². The molecular weight excluding hydrogens is 306 g/mol. The minimum absolute atomic E-state index is 0.0240. The van der Waals surface area contributed by atoms with E-state index in [-0.39, 0.29) is 5.91 Å². The lowest BCUT2D eigenvalue weighted by Gasteiger charge is -2.36. The van der Waals surface area contributed by atoms with Crippen molar-refractivity contribution >= 4 is 11.6 Å². The Hall–Kier alpha value is -2.50. The van der Waals surface area contributed by atoms with E-state index in [1.165, 1.54) is 0 Å². The minimum Gasteiger partial charge on any atom is -0.497 e. The number of hydrogen-bond acceptors (Lipinski definition) is 5. The topological polar surface area (TPSA) is 58.8 Å². The monoisotopic (exact) mass is 329 g/mol. The van der Waals surface area contributed by atoms with Crippen LogP contribution in [0.25, 0.3) is 0 Å². The zero-order valence-electron chi connectivity index (χ0n) is 14.4. The fraction of sp³-hybridized carbons (Fsp3) is 0.444. The summed E-state index contributed by atoms with van der Waals surface area (Å²) in [6, 6.07) is 8.01. The standard InChI is InChI=1S/C18H23N3O3/c1-4-16-17(13(2)24-19-16)18(22)21-10-8-20(9-11-21)14-6-5-7-15(12-14)23-3/h5-7,12H,4,8-11H2,1-3H3. The van der Waals surface area contributed by atoms with E-state index < -0.39 is 0 Å². The second-order valence-electron chi connectivity index (χ2n) is 5.89. The van der Waals surface area contributed by atoms with E-state index in [0.717, 1.165) is 30.2 Å². The van der Waals surface area contributed by atoms with Crippen molar-refractivity contribution in [3.63, 3.8) is 0 Å². The predicted octanol–water partition coefficient (Wildman–Crippen LogP) is 2.52. The van der Waals surface area contributed by atoms with Gasteiger partial charge < -0.3 is 19.1 Å². The molecule has 1 amide bonds. The Morgan fingerprint density at radius 1 is 1.29 bits per heavy atom. The molecule has 0 unspecified atom stereocenters. The number of hydrogen-bond donors (Lipinski definition) is 0. The lowest BCUT2D eigenvalue weighted by atomic mass is 10.1. The number of rotatable bonds is 4. The maximum Gasteiger partial charge on any atom is 0.259 e. The lowest BCUT2D eigenvalue weighted by molar-refractivity contribution is 0.0744. The van der Waals surface area contributed by atoms with Crippen LogP contribution in [0.2, 0.25) is 0 Å². The van der Waals surface area contributed by atoms with Crippen LogP contribution in [-0.2, 0) is 6.42 Å². The van der Waals surface area contributed by atoms with Crippen LogP contribution < -0.4 is 9.64 Å². The smallest absolute Gasteiger partial charge is 0.259 e. The van der Waals surface area contributed by atoms with E-state index in [1.54, 1.807) is 14.0 Å². The third-order valence-corrected chi connectivity index (χ3v) is 4.47. The van der Waals surface area contributed by atoms with Crippen molar-refractivity contribution < 1.29 is 14.1 Å². The van der Waals surface area contributed by atoms with Crippen LogP contribution in [-0.4, -0.2) is 49.3 Å². The van der Waals surface area contributed by atoms with Crippen molar-refractivity contribution in [2.75, 3.05) is 38.2 Å². The summed E-state index contributed by atoms with van der Waals surface area (Å²) >= 11 is 0. The Morgan fingerprint density at radius 3 is 2.71 bits per heavy atom. The number of benzene rings is 1. The van der Waals surface area contributed by atoms with Gasteiger partial charge in [-0.1, -0.05) is 18.1 Å². The van der Waals surface area contributed by atoms with Gasteiger partial charge in [-0.25, -0.2) is 0 Å². The van der Waals surface area contributed by atoms with Crippen LogP contribution in [0, 0.1) is 6.92 Å². The summed E-state index contributed by atoms with van der Waals surface area (Å²) in [5.74, 6) is 1.47. The highest BCUT2D eigenvalue weighted by Gasteiger charge is 2.27. The average molecular weight is 329 g/mol. The van der Waals surface area contributed by atoms with Gasteiger partial charge in [0.25, 0.3) is 5.91 Å². The highest BCUT2D eigenvalue weighted by Crippen LogP contribution is 2.23. The molecule has 1 aromatic carbocycles. The van der Waals surface area contributed by atoms with Crippen LogP contribution in [0.15, 0.2) is 28.8 Å². The Balaban J connectivity index is 1.68. The SMILES string of the molecule is CCc1noc(C)c1C(=O)N1CCN(c2cccc(OC)c2)CC1. The molecule has 1 saturated heterocycles. The Bertz CT molecular complexity index is 718. The summed E-state index contributed by atoms with van der Waals surface area (Å²) in [4.78, 5) is 16.9. The molecule has 0 bridgehead atoms.